The molecule has 0 spiro atoms. The van der Waals surface area contributed by atoms with Crippen molar-refractivity contribution < 1.29 is 9.53 Å². The number of piperidine rings is 1. The largest absolute Gasteiger partial charge is 0.378 e. The number of nitrogens with one attached hydrogen (secondary N) is 1. The molecule has 1 N–H and O–H groups in total. The van der Waals surface area contributed by atoms with Crippen molar-refractivity contribution >= 4 is 35.8 Å². The third kappa shape index (κ3) is 9.08. The summed E-state index contributed by atoms with van der Waals surface area (Å²) in [7, 11) is 0. The molecule has 0 radical (unpaired) electrons. The zero-order valence-electron chi connectivity index (χ0n) is 20.7. The van der Waals surface area contributed by atoms with E-state index in [1.807, 2.05) is 4.90 Å². The van der Waals surface area contributed by atoms with E-state index < -0.39 is 0 Å². The van der Waals surface area contributed by atoms with Crippen molar-refractivity contribution in [1.29, 1.82) is 0 Å². The number of halogens is 1. The van der Waals surface area contributed by atoms with Gasteiger partial charge in [-0.15, -0.1) is 24.0 Å². The lowest BCUT2D eigenvalue weighted by molar-refractivity contribution is -0.140. The molecule has 2 aliphatic rings. The number of hydrogen-bond acceptors (Lipinski definition) is 3. The van der Waals surface area contributed by atoms with Gasteiger partial charge in [-0.05, 0) is 50.0 Å². The maximum atomic E-state index is 12.8. The highest BCUT2D eigenvalue weighted by molar-refractivity contribution is 14.0. The van der Waals surface area contributed by atoms with Gasteiger partial charge in [0.25, 0.3) is 0 Å². The van der Waals surface area contributed by atoms with Crippen molar-refractivity contribution in [2.24, 2.45) is 16.3 Å². The van der Waals surface area contributed by atoms with Crippen molar-refractivity contribution in [3.8, 4) is 0 Å². The van der Waals surface area contributed by atoms with E-state index in [1.54, 1.807) is 0 Å². The molecular formula is C26H43IN4O2. The molecular weight excluding hydrogens is 527 g/mol. The van der Waals surface area contributed by atoms with E-state index in [9.17, 15) is 4.79 Å². The molecule has 7 heteroatoms. The van der Waals surface area contributed by atoms with Crippen LogP contribution in [-0.4, -0.2) is 74.1 Å². The molecule has 3 rings (SSSR count). The molecule has 0 aliphatic carbocycles. The average Bonchev–Trinajstić information content (AvgIpc) is 2.82. The molecule has 2 heterocycles. The fraction of sp³-hybridized carbons (Fsp3) is 0.692. The number of aliphatic imine (C=N–C) groups is 1. The lowest BCUT2D eigenvalue weighted by atomic mass is 9.86. The van der Waals surface area contributed by atoms with E-state index in [-0.39, 0.29) is 35.3 Å². The number of carbonyl (C=O) groups excluding carboxylic acids is 1. The topological polar surface area (TPSA) is 57.2 Å². The minimum absolute atomic E-state index is 0. The third-order valence-corrected chi connectivity index (χ3v) is 6.62. The number of benzene rings is 1. The van der Waals surface area contributed by atoms with E-state index in [1.165, 1.54) is 12.0 Å². The van der Waals surface area contributed by atoms with Crippen LogP contribution in [0.15, 0.2) is 35.3 Å². The number of hydrogen-bond donors (Lipinski definition) is 1. The van der Waals surface area contributed by atoms with Gasteiger partial charge in [-0.25, -0.2) is 0 Å². The Bertz CT molecular complexity index is 727. The lowest BCUT2D eigenvalue weighted by Crippen LogP contribution is -2.50. The first-order valence-corrected chi connectivity index (χ1v) is 12.4. The Hall–Kier alpha value is -1.35. The first kappa shape index (κ1) is 27.9. The molecule has 0 atom stereocenters. The third-order valence-electron chi connectivity index (χ3n) is 6.62. The maximum Gasteiger partial charge on any atom is 0.225 e. The van der Waals surface area contributed by atoms with Crippen LogP contribution in [0.25, 0.3) is 0 Å². The highest BCUT2D eigenvalue weighted by atomic mass is 127. The van der Waals surface area contributed by atoms with E-state index in [0.29, 0.717) is 19.1 Å². The Kier molecular flexibility index (Phi) is 12.0. The van der Waals surface area contributed by atoms with E-state index in [2.05, 4.69) is 61.3 Å². The predicted octanol–water partition coefficient (Wildman–Crippen LogP) is 4.19. The van der Waals surface area contributed by atoms with Crippen LogP contribution in [0, 0.1) is 11.3 Å². The van der Waals surface area contributed by atoms with E-state index in [0.717, 1.165) is 70.9 Å². The van der Waals surface area contributed by atoms with Crippen LogP contribution in [0.5, 0.6) is 0 Å². The van der Waals surface area contributed by atoms with Crippen LogP contribution < -0.4 is 5.32 Å². The molecule has 2 saturated heterocycles. The molecule has 2 aliphatic heterocycles. The molecule has 2 fully saturated rings. The van der Waals surface area contributed by atoms with Crippen molar-refractivity contribution in [2.75, 3.05) is 52.5 Å². The number of nitrogens with zero attached hydrogens (tertiary/aromatic N) is 3. The van der Waals surface area contributed by atoms with Gasteiger partial charge in [0.15, 0.2) is 5.96 Å². The molecule has 6 nitrogen and oxygen atoms in total. The minimum Gasteiger partial charge on any atom is -0.378 e. The maximum absolute atomic E-state index is 12.8. The number of morpholine rings is 1. The van der Waals surface area contributed by atoms with Gasteiger partial charge in [-0.2, -0.15) is 0 Å². The summed E-state index contributed by atoms with van der Waals surface area (Å²) in [5.41, 5.74) is 1.58. The van der Waals surface area contributed by atoms with Crippen molar-refractivity contribution in [3.05, 3.63) is 35.9 Å². The number of carbonyl (C=O) groups is 1. The number of ether oxygens (including phenoxy) is 1. The summed E-state index contributed by atoms with van der Waals surface area (Å²) in [6.07, 6.45) is 5.26. The highest BCUT2D eigenvalue weighted by Gasteiger charge is 2.30. The molecule has 0 saturated carbocycles. The summed E-state index contributed by atoms with van der Waals surface area (Å²) >= 11 is 0. The fourth-order valence-electron chi connectivity index (χ4n) is 4.59. The summed E-state index contributed by atoms with van der Waals surface area (Å²) in [4.78, 5) is 22.2. The highest BCUT2D eigenvalue weighted by Crippen LogP contribution is 2.25. The molecule has 1 aromatic carbocycles. The summed E-state index contributed by atoms with van der Waals surface area (Å²) in [6, 6.07) is 10.7. The van der Waals surface area contributed by atoms with E-state index >= 15 is 0 Å². The van der Waals surface area contributed by atoms with Gasteiger partial charge < -0.3 is 19.9 Å². The van der Waals surface area contributed by atoms with Crippen LogP contribution in [0.2, 0.25) is 0 Å². The second-order valence-corrected chi connectivity index (χ2v) is 9.87. The first-order valence-electron chi connectivity index (χ1n) is 12.4. The molecule has 0 bridgehead atoms. The fourth-order valence-corrected chi connectivity index (χ4v) is 4.59. The molecule has 1 aromatic rings. The summed E-state index contributed by atoms with van der Waals surface area (Å²) in [5.74, 6) is 1.46. The van der Waals surface area contributed by atoms with Crippen LogP contribution in [-0.2, 0) is 16.0 Å². The Morgan fingerprint density at radius 2 is 1.76 bits per heavy atom. The second kappa shape index (κ2) is 14.1. The summed E-state index contributed by atoms with van der Waals surface area (Å²) in [5, 5.41) is 3.48. The van der Waals surface area contributed by atoms with Gasteiger partial charge in [0.2, 0.25) is 5.91 Å². The second-order valence-electron chi connectivity index (χ2n) is 9.87. The van der Waals surface area contributed by atoms with Crippen molar-refractivity contribution in [2.45, 2.75) is 52.9 Å². The van der Waals surface area contributed by atoms with Crippen LogP contribution in [0.4, 0.5) is 0 Å². The molecule has 1 amide bonds. The minimum atomic E-state index is 0. The zero-order chi connectivity index (χ0) is 22.8. The van der Waals surface area contributed by atoms with Gasteiger partial charge >= 0.3 is 0 Å². The quantitative estimate of drug-likeness (QED) is 0.290. The number of aryl methyl sites for hydroxylation is 1. The summed E-state index contributed by atoms with van der Waals surface area (Å²) in [6.45, 7) is 13.0. The standard InChI is InChI=1S/C26H42N4O2.HI/c1-4-27-25(28-21-26(2,3)14-8-11-22-9-6-5-7-10-22)30-15-12-23(13-16-30)24(31)29-17-19-32-20-18-29;/h5-7,9-10,23H,4,8,11-21H2,1-3H3,(H,27,28);1H. The molecule has 0 unspecified atom stereocenters. The van der Waals surface area contributed by atoms with Crippen LogP contribution in [0.1, 0.15) is 52.0 Å². The molecule has 0 aromatic heterocycles. The Morgan fingerprint density at radius 1 is 1.09 bits per heavy atom. The summed E-state index contributed by atoms with van der Waals surface area (Å²) < 4.78 is 5.39. The smallest absolute Gasteiger partial charge is 0.225 e. The average molecular weight is 571 g/mol. The van der Waals surface area contributed by atoms with Crippen LogP contribution >= 0.6 is 24.0 Å². The molecule has 186 valence electrons. The Morgan fingerprint density at radius 3 is 2.39 bits per heavy atom. The monoisotopic (exact) mass is 570 g/mol. The van der Waals surface area contributed by atoms with E-state index in [4.69, 9.17) is 9.73 Å². The van der Waals surface area contributed by atoms with Gasteiger partial charge in [0.05, 0.1) is 13.2 Å². The van der Waals surface area contributed by atoms with Crippen LogP contribution in [0.3, 0.4) is 0 Å². The van der Waals surface area contributed by atoms with Gasteiger partial charge in [-0.1, -0.05) is 44.2 Å². The first-order chi connectivity index (χ1) is 15.5. The lowest BCUT2D eigenvalue weighted by Gasteiger charge is -2.37. The number of guanidine groups is 1. The van der Waals surface area contributed by atoms with Crippen molar-refractivity contribution in [1.82, 2.24) is 15.1 Å². The predicted molar refractivity (Wildman–Crippen MR) is 146 cm³/mol. The number of likely N-dealkylation sites (tertiary alicyclic amines) is 1. The number of amides is 1. The normalized spacial score (nSPS) is 18.1. The number of rotatable bonds is 8. The van der Waals surface area contributed by atoms with Gasteiger partial charge in [-0.3, -0.25) is 9.79 Å². The van der Waals surface area contributed by atoms with Crippen molar-refractivity contribution in [3.63, 3.8) is 0 Å². The van der Waals surface area contributed by atoms with Gasteiger partial charge in [0.1, 0.15) is 0 Å². The SMILES string of the molecule is CCNC(=NCC(C)(C)CCCc1ccccc1)N1CCC(C(=O)N2CCOCC2)CC1.I. The molecule has 33 heavy (non-hydrogen) atoms. The Labute approximate surface area is 217 Å². The zero-order valence-corrected chi connectivity index (χ0v) is 23.1. The van der Waals surface area contributed by atoms with Gasteiger partial charge in [0, 0.05) is 45.2 Å². The Balaban J connectivity index is 0.00000385.